The Balaban J connectivity index is 1.82. The Morgan fingerprint density at radius 1 is 0.929 bits per heavy atom. The summed E-state index contributed by atoms with van der Waals surface area (Å²) in [5.74, 6) is 1.03. The van der Waals surface area contributed by atoms with Gasteiger partial charge in [-0.2, -0.15) is 12.6 Å². The second kappa shape index (κ2) is 8.60. The normalized spacial score (nSPS) is 18.6. The molecule has 0 aromatic carbocycles. The average Bonchev–Trinajstić information content (AvgIpc) is 2.25. The van der Waals surface area contributed by atoms with Crippen molar-refractivity contribution in [2.75, 3.05) is 12.4 Å². The van der Waals surface area contributed by atoms with E-state index in [1.54, 1.807) is 0 Å². The van der Waals surface area contributed by atoms with E-state index in [0.29, 0.717) is 6.10 Å². The molecule has 1 aliphatic rings. The van der Waals surface area contributed by atoms with Crippen LogP contribution in [-0.4, -0.2) is 18.5 Å². The number of rotatable bonds is 7. The maximum atomic E-state index is 5.84. The van der Waals surface area contributed by atoms with E-state index < -0.39 is 0 Å². The minimum Gasteiger partial charge on any atom is -0.378 e. The lowest BCUT2D eigenvalue weighted by molar-refractivity contribution is 0.0263. The van der Waals surface area contributed by atoms with E-state index in [1.165, 1.54) is 57.8 Å². The third-order valence-electron chi connectivity index (χ3n) is 2.96. The SMILES string of the molecule is SCCCCCCOC1CCCCC1. The van der Waals surface area contributed by atoms with Crippen LogP contribution in [0, 0.1) is 0 Å². The van der Waals surface area contributed by atoms with E-state index in [2.05, 4.69) is 12.6 Å². The molecule has 1 aliphatic carbocycles. The molecule has 0 bridgehead atoms. The fourth-order valence-corrected chi connectivity index (χ4v) is 2.27. The van der Waals surface area contributed by atoms with Crippen LogP contribution in [-0.2, 0) is 4.74 Å². The molecule has 0 saturated heterocycles. The molecule has 14 heavy (non-hydrogen) atoms. The number of hydrogen-bond donors (Lipinski definition) is 1. The maximum absolute atomic E-state index is 5.84. The van der Waals surface area contributed by atoms with E-state index in [1.807, 2.05) is 0 Å². The van der Waals surface area contributed by atoms with E-state index in [0.717, 1.165) is 12.4 Å². The largest absolute Gasteiger partial charge is 0.378 e. The van der Waals surface area contributed by atoms with Gasteiger partial charge in [-0.15, -0.1) is 0 Å². The quantitative estimate of drug-likeness (QED) is 0.503. The molecule has 84 valence electrons. The third-order valence-corrected chi connectivity index (χ3v) is 3.27. The summed E-state index contributed by atoms with van der Waals surface area (Å²) in [5, 5.41) is 0. The van der Waals surface area contributed by atoms with Crippen LogP contribution in [0.25, 0.3) is 0 Å². The molecule has 0 aromatic rings. The van der Waals surface area contributed by atoms with Gasteiger partial charge < -0.3 is 4.74 Å². The Hall–Kier alpha value is 0.310. The Morgan fingerprint density at radius 2 is 1.64 bits per heavy atom. The van der Waals surface area contributed by atoms with Gasteiger partial charge in [0.1, 0.15) is 0 Å². The molecule has 0 amide bonds. The first kappa shape index (κ1) is 12.4. The van der Waals surface area contributed by atoms with Gasteiger partial charge in [0.15, 0.2) is 0 Å². The van der Waals surface area contributed by atoms with Crippen molar-refractivity contribution >= 4 is 12.6 Å². The zero-order chi connectivity index (χ0) is 10.1. The lowest BCUT2D eigenvalue weighted by Gasteiger charge is -2.21. The van der Waals surface area contributed by atoms with Crippen molar-refractivity contribution in [3.8, 4) is 0 Å². The average molecular weight is 216 g/mol. The standard InChI is InChI=1S/C12H24OS/c14-11-7-2-1-6-10-13-12-8-4-3-5-9-12/h12,14H,1-11H2. The van der Waals surface area contributed by atoms with Crippen LogP contribution in [0.1, 0.15) is 57.8 Å². The van der Waals surface area contributed by atoms with Crippen LogP contribution in [0.15, 0.2) is 0 Å². The maximum Gasteiger partial charge on any atom is 0.0575 e. The van der Waals surface area contributed by atoms with Crippen molar-refractivity contribution in [2.45, 2.75) is 63.9 Å². The highest BCUT2D eigenvalue weighted by atomic mass is 32.1. The highest BCUT2D eigenvalue weighted by Gasteiger charge is 2.12. The second-order valence-corrected chi connectivity index (χ2v) is 4.72. The van der Waals surface area contributed by atoms with E-state index >= 15 is 0 Å². The zero-order valence-corrected chi connectivity index (χ0v) is 10.1. The molecular weight excluding hydrogens is 192 g/mol. The lowest BCUT2D eigenvalue weighted by Crippen LogP contribution is -2.17. The van der Waals surface area contributed by atoms with Gasteiger partial charge in [-0.3, -0.25) is 0 Å². The number of hydrogen-bond acceptors (Lipinski definition) is 2. The molecule has 0 N–H and O–H groups in total. The predicted molar refractivity (Wildman–Crippen MR) is 65.1 cm³/mol. The minimum atomic E-state index is 0.591. The van der Waals surface area contributed by atoms with Gasteiger partial charge >= 0.3 is 0 Å². The van der Waals surface area contributed by atoms with Crippen molar-refractivity contribution in [3.05, 3.63) is 0 Å². The zero-order valence-electron chi connectivity index (χ0n) is 9.21. The molecule has 0 atom stereocenters. The fraction of sp³-hybridized carbons (Fsp3) is 1.00. The molecule has 1 fully saturated rings. The van der Waals surface area contributed by atoms with Crippen LogP contribution in [0.3, 0.4) is 0 Å². The van der Waals surface area contributed by atoms with E-state index in [-0.39, 0.29) is 0 Å². The van der Waals surface area contributed by atoms with Gasteiger partial charge in [0.2, 0.25) is 0 Å². The molecule has 0 unspecified atom stereocenters. The molecule has 1 nitrogen and oxygen atoms in total. The summed E-state index contributed by atoms with van der Waals surface area (Å²) < 4.78 is 5.84. The summed E-state index contributed by atoms with van der Waals surface area (Å²) in [7, 11) is 0. The van der Waals surface area contributed by atoms with Gasteiger partial charge in [-0.25, -0.2) is 0 Å². The van der Waals surface area contributed by atoms with Crippen LogP contribution < -0.4 is 0 Å². The van der Waals surface area contributed by atoms with Crippen LogP contribution >= 0.6 is 12.6 Å². The molecule has 1 rings (SSSR count). The molecule has 0 aliphatic heterocycles. The highest BCUT2D eigenvalue weighted by molar-refractivity contribution is 7.80. The Labute approximate surface area is 94.0 Å². The number of ether oxygens (including phenoxy) is 1. The monoisotopic (exact) mass is 216 g/mol. The smallest absolute Gasteiger partial charge is 0.0575 e. The second-order valence-electron chi connectivity index (χ2n) is 4.27. The van der Waals surface area contributed by atoms with Crippen molar-refractivity contribution in [1.82, 2.24) is 0 Å². The van der Waals surface area contributed by atoms with Crippen molar-refractivity contribution < 1.29 is 4.74 Å². The molecule has 1 saturated carbocycles. The van der Waals surface area contributed by atoms with Gasteiger partial charge in [0.25, 0.3) is 0 Å². The Morgan fingerprint density at radius 3 is 2.36 bits per heavy atom. The predicted octanol–water partition coefficient (Wildman–Crippen LogP) is 3.83. The molecule has 0 spiro atoms. The van der Waals surface area contributed by atoms with Crippen LogP contribution in [0.5, 0.6) is 0 Å². The third kappa shape index (κ3) is 5.92. The highest BCUT2D eigenvalue weighted by Crippen LogP contribution is 2.20. The van der Waals surface area contributed by atoms with Gasteiger partial charge in [-0.1, -0.05) is 32.1 Å². The number of unbranched alkanes of at least 4 members (excludes halogenated alkanes) is 3. The van der Waals surface area contributed by atoms with Crippen molar-refractivity contribution in [2.24, 2.45) is 0 Å². The minimum absolute atomic E-state index is 0.591. The molecular formula is C12H24OS. The van der Waals surface area contributed by atoms with Gasteiger partial charge in [-0.05, 0) is 31.4 Å². The van der Waals surface area contributed by atoms with E-state index in [4.69, 9.17) is 4.74 Å². The molecule has 0 aromatic heterocycles. The summed E-state index contributed by atoms with van der Waals surface area (Å²) >= 11 is 4.20. The van der Waals surface area contributed by atoms with Crippen molar-refractivity contribution in [1.29, 1.82) is 0 Å². The van der Waals surface area contributed by atoms with Gasteiger partial charge in [0.05, 0.1) is 6.10 Å². The summed E-state index contributed by atoms with van der Waals surface area (Å²) in [6.07, 6.45) is 12.5. The Bertz CT molecular complexity index is 121. The molecule has 0 radical (unpaired) electrons. The first-order chi connectivity index (χ1) is 6.93. The van der Waals surface area contributed by atoms with Crippen molar-refractivity contribution in [3.63, 3.8) is 0 Å². The molecule has 0 heterocycles. The summed E-state index contributed by atoms with van der Waals surface area (Å²) in [5.41, 5.74) is 0. The molecule has 2 heteroatoms. The Kier molecular flexibility index (Phi) is 7.61. The van der Waals surface area contributed by atoms with Gasteiger partial charge in [0, 0.05) is 6.61 Å². The topological polar surface area (TPSA) is 9.23 Å². The van der Waals surface area contributed by atoms with E-state index in [9.17, 15) is 0 Å². The summed E-state index contributed by atoms with van der Waals surface area (Å²) in [6.45, 7) is 0.983. The first-order valence-corrected chi connectivity index (χ1v) is 6.79. The van der Waals surface area contributed by atoms with Crippen LogP contribution in [0.4, 0.5) is 0 Å². The summed E-state index contributed by atoms with van der Waals surface area (Å²) in [4.78, 5) is 0. The van der Waals surface area contributed by atoms with Crippen LogP contribution in [0.2, 0.25) is 0 Å². The fourth-order valence-electron chi connectivity index (χ4n) is 2.05. The lowest BCUT2D eigenvalue weighted by atomic mass is 9.98. The summed E-state index contributed by atoms with van der Waals surface area (Å²) in [6, 6.07) is 0. The first-order valence-electron chi connectivity index (χ1n) is 6.16. The number of thiol groups is 1.